The van der Waals surface area contributed by atoms with Gasteiger partial charge in [0.2, 0.25) is 0 Å². The van der Waals surface area contributed by atoms with Crippen LogP contribution in [-0.2, 0) is 4.74 Å². The second-order valence-electron chi connectivity index (χ2n) is 5.45. The fraction of sp³-hybridized carbons (Fsp3) is 0.462. The highest BCUT2D eigenvalue weighted by Crippen LogP contribution is 2.28. The molecule has 110 valence electrons. The molecule has 1 aromatic carbocycles. The zero-order valence-corrected chi connectivity index (χ0v) is 12.0. The molecule has 0 saturated heterocycles. The van der Waals surface area contributed by atoms with Crippen LogP contribution >= 0.6 is 0 Å². The summed E-state index contributed by atoms with van der Waals surface area (Å²) in [5.74, 6) is 0. The first-order chi connectivity index (χ1) is 9.10. The summed E-state index contributed by atoms with van der Waals surface area (Å²) in [6.07, 6.45) is -0.742. The molecule has 0 fully saturated rings. The van der Waals surface area contributed by atoms with Gasteiger partial charge in [0.15, 0.2) is 0 Å². The van der Waals surface area contributed by atoms with E-state index in [4.69, 9.17) is 10.5 Å². The Morgan fingerprint density at radius 1 is 1.45 bits per heavy atom. The Bertz CT molecular complexity index is 521. The summed E-state index contributed by atoms with van der Waals surface area (Å²) in [5, 5.41) is 13.4. The van der Waals surface area contributed by atoms with E-state index in [1.165, 1.54) is 12.1 Å². The van der Waals surface area contributed by atoms with Gasteiger partial charge in [0, 0.05) is 12.1 Å². The van der Waals surface area contributed by atoms with Gasteiger partial charge in [-0.25, -0.2) is 4.79 Å². The highest BCUT2D eigenvalue weighted by molar-refractivity contribution is 5.88. The molecule has 0 aromatic heterocycles. The summed E-state index contributed by atoms with van der Waals surface area (Å²) >= 11 is 0. The highest BCUT2D eigenvalue weighted by Gasteiger charge is 2.21. The Balaban J connectivity index is 3.00. The lowest BCUT2D eigenvalue weighted by molar-refractivity contribution is -0.384. The van der Waals surface area contributed by atoms with Crippen molar-refractivity contribution >= 4 is 17.5 Å². The normalized spacial score (nSPS) is 12.7. The predicted octanol–water partition coefficient (Wildman–Crippen LogP) is 2.96. The Labute approximate surface area is 117 Å². The number of nitrogens with zero attached hydrogens (tertiary/aromatic N) is 1. The maximum absolute atomic E-state index is 11.6. The Kier molecular flexibility index (Phi) is 4.67. The molecule has 7 heteroatoms. The van der Waals surface area contributed by atoms with Crippen LogP contribution in [0.4, 0.5) is 16.2 Å². The number of carbonyl (C=O) groups is 1. The van der Waals surface area contributed by atoms with Crippen LogP contribution in [0.25, 0.3) is 0 Å². The van der Waals surface area contributed by atoms with Gasteiger partial charge < -0.3 is 10.5 Å². The number of hydrogen-bond donors (Lipinski definition) is 2. The van der Waals surface area contributed by atoms with E-state index < -0.39 is 16.6 Å². The van der Waals surface area contributed by atoms with E-state index in [0.29, 0.717) is 5.56 Å². The van der Waals surface area contributed by atoms with Gasteiger partial charge in [-0.2, -0.15) is 0 Å². The summed E-state index contributed by atoms with van der Waals surface area (Å²) in [5.41, 5.74) is 5.48. The topological polar surface area (TPSA) is 107 Å². The Morgan fingerprint density at radius 3 is 2.50 bits per heavy atom. The molecule has 1 atom stereocenters. The zero-order chi connectivity index (χ0) is 15.5. The van der Waals surface area contributed by atoms with Gasteiger partial charge in [0.1, 0.15) is 11.3 Å². The number of carbonyl (C=O) groups excluding carboxylic acids is 1. The van der Waals surface area contributed by atoms with Crippen molar-refractivity contribution in [2.24, 2.45) is 5.73 Å². The average Bonchev–Trinajstić information content (AvgIpc) is 2.25. The molecule has 1 rings (SSSR count). The van der Waals surface area contributed by atoms with Crippen LogP contribution in [0.5, 0.6) is 0 Å². The molecule has 1 unspecified atom stereocenters. The van der Waals surface area contributed by atoms with E-state index in [1.807, 2.05) is 0 Å². The number of rotatable bonds is 3. The van der Waals surface area contributed by atoms with Crippen molar-refractivity contribution in [2.45, 2.75) is 39.3 Å². The van der Waals surface area contributed by atoms with Crippen molar-refractivity contribution in [3.63, 3.8) is 0 Å². The van der Waals surface area contributed by atoms with Crippen LogP contribution in [0.2, 0.25) is 0 Å². The van der Waals surface area contributed by atoms with Gasteiger partial charge in [0.05, 0.1) is 4.92 Å². The number of nitro benzene ring substituents is 1. The molecule has 0 heterocycles. The standard InChI is InChI=1S/C13H19N3O4/c1-8(14)9-5-6-10(11(7-9)16(18)19)15-12(17)20-13(2,3)4/h5-8H,14H2,1-4H3,(H,15,17). The number of amides is 1. The molecular weight excluding hydrogens is 262 g/mol. The third kappa shape index (κ3) is 4.51. The van der Waals surface area contributed by atoms with Gasteiger partial charge in [-0.1, -0.05) is 6.07 Å². The van der Waals surface area contributed by atoms with Gasteiger partial charge in [-0.05, 0) is 39.3 Å². The van der Waals surface area contributed by atoms with Crippen LogP contribution in [0.15, 0.2) is 18.2 Å². The molecule has 1 aromatic rings. The van der Waals surface area contributed by atoms with E-state index in [0.717, 1.165) is 0 Å². The Morgan fingerprint density at radius 2 is 2.05 bits per heavy atom. The fourth-order valence-corrected chi connectivity index (χ4v) is 1.50. The van der Waals surface area contributed by atoms with Gasteiger partial charge in [0.25, 0.3) is 5.69 Å². The quantitative estimate of drug-likeness (QED) is 0.654. The van der Waals surface area contributed by atoms with Gasteiger partial charge >= 0.3 is 6.09 Å². The monoisotopic (exact) mass is 281 g/mol. The number of anilines is 1. The van der Waals surface area contributed by atoms with Gasteiger partial charge in [-0.15, -0.1) is 0 Å². The molecule has 0 saturated carbocycles. The minimum absolute atomic E-state index is 0.0775. The molecule has 0 radical (unpaired) electrons. The second kappa shape index (κ2) is 5.87. The summed E-state index contributed by atoms with van der Waals surface area (Å²) in [4.78, 5) is 22.1. The molecule has 0 aliphatic rings. The zero-order valence-electron chi connectivity index (χ0n) is 12.0. The third-order valence-electron chi connectivity index (χ3n) is 2.38. The maximum atomic E-state index is 11.6. The summed E-state index contributed by atoms with van der Waals surface area (Å²) < 4.78 is 5.06. The highest BCUT2D eigenvalue weighted by atomic mass is 16.6. The average molecular weight is 281 g/mol. The van der Waals surface area contributed by atoms with Crippen molar-refractivity contribution < 1.29 is 14.5 Å². The van der Waals surface area contributed by atoms with Crippen LogP contribution < -0.4 is 11.1 Å². The largest absolute Gasteiger partial charge is 0.444 e. The van der Waals surface area contributed by atoms with Crippen LogP contribution in [0.1, 0.15) is 39.3 Å². The van der Waals surface area contributed by atoms with E-state index in [2.05, 4.69) is 5.32 Å². The van der Waals surface area contributed by atoms with E-state index in [1.54, 1.807) is 33.8 Å². The second-order valence-corrected chi connectivity index (χ2v) is 5.45. The molecular formula is C13H19N3O4. The first kappa shape index (κ1) is 15.9. The lowest BCUT2D eigenvalue weighted by Gasteiger charge is -2.19. The first-order valence-corrected chi connectivity index (χ1v) is 6.14. The fourth-order valence-electron chi connectivity index (χ4n) is 1.50. The van der Waals surface area contributed by atoms with E-state index >= 15 is 0 Å². The summed E-state index contributed by atoms with van der Waals surface area (Å²) in [6, 6.07) is 4.09. The maximum Gasteiger partial charge on any atom is 0.412 e. The number of nitrogens with one attached hydrogen (secondary N) is 1. The molecule has 20 heavy (non-hydrogen) atoms. The number of nitrogens with two attached hydrogens (primary N) is 1. The lowest BCUT2D eigenvalue weighted by Crippen LogP contribution is -2.27. The van der Waals surface area contributed by atoms with Crippen LogP contribution in [0, 0.1) is 10.1 Å². The SMILES string of the molecule is CC(N)c1ccc(NC(=O)OC(C)(C)C)c([N+](=O)[O-])c1. The van der Waals surface area contributed by atoms with Crippen molar-refractivity contribution in [3.8, 4) is 0 Å². The molecule has 0 aliphatic heterocycles. The minimum atomic E-state index is -0.742. The Hall–Kier alpha value is -2.15. The first-order valence-electron chi connectivity index (χ1n) is 6.14. The van der Waals surface area contributed by atoms with Crippen molar-refractivity contribution in [3.05, 3.63) is 33.9 Å². The van der Waals surface area contributed by atoms with E-state index in [-0.39, 0.29) is 17.4 Å². The summed E-state index contributed by atoms with van der Waals surface area (Å²) in [7, 11) is 0. The minimum Gasteiger partial charge on any atom is -0.444 e. The third-order valence-corrected chi connectivity index (χ3v) is 2.38. The van der Waals surface area contributed by atoms with E-state index in [9.17, 15) is 14.9 Å². The summed E-state index contributed by atoms with van der Waals surface area (Å²) in [6.45, 7) is 6.85. The molecule has 0 aliphatic carbocycles. The molecule has 1 amide bonds. The van der Waals surface area contributed by atoms with Crippen LogP contribution in [0.3, 0.4) is 0 Å². The molecule has 0 bridgehead atoms. The van der Waals surface area contributed by atoms with Crippen molar-refractivity contribution in [1.29, 1.82) is 0 Å². The van der Waals surface area contributed by atoms with Crippen molar-refractivity contribution in [1.82, 2.24) is 0 Å². The lowest BCUT2D eigenvalue weighted by atomic mass is 10.1. The van der Waals surface area contributed by atoms with Crippen LogP contribution in [-0.4, -0.2) is 16.6 Å². The molecule has 3 N–H and O–H groups in total. The van der Waals surface area contributed by atoms with Gasteiger partial charge in [-0.3, -0.25) is 15.4 Å². The molecule has 7 nitrogen and oxygen atoms in total. The molecule has 0 spiro atoms. The number of nitro groups is 1. The van der Waals surface area contributed by atoms with Crippen molar-refractivity contribution in [2.75, 3.05) is 5.32 Å². The number of ether oxygens (including phenoxy) is 1. The number of hydrogen-bond acceptors (Lipinski definition) is 5. The number of benzene rings is 1. The smallest absolute Gasteiger partial charge is 0.412 e. The predicted molar refractivity (Wildman–Crippen MR) is 75.6 cm³/mol.